The molecule has 24 heavy (non-hydrogen) atoms. The molecule has 1 unspecified atom stereocenters. The molecule has 7 nitrogen and oxygen atoms in total. The zero-order valence-corrected chi connectivity index (χ0v) is 17.9. The molecule has 0 spiro atoms. The van der Waals surface area contributed by atoms with Crippen LogP contribution >= 0.6 is 24.0 Å². The number of nitrogens with one attached hydrogen (secondary N) is 2. The Hall–Kier alpha value is -0.160. The van der Waals surface area contributed by atoms with Crippen LogP contribution in [0.1, 0.15) is 13.8 Å². The van der Waals surface area contributed by atoms with Crippen LogP contribution in [0.15, 0.2) is 4.99 Å². The highest BCUT2D eigenvalue weighted by Gasteiger charge is 2.23. The highest BCUT2D eigenvalue weighted by Crippen LogP contribution is 2.12. The van der Waals surface area contributed by atoms with E-state index in [9.17, 15) is 0 Å². The second-order valence-corrected chi connectivity index (χ2v) is 5.94. The van der Waals surface area contributed by atoms with Crippen molar-refractivity contribution in [1.29, 1.82) is 0 Å². The number of halogens is 1. The molecule has 1 atom stereocenters. The number of ether oxygens (including phenoxy) is 3. The molecule has 0 aromatic carbocycles. The summed E-state index contributed by atoms with van der Waals surface area (Å²) in [5.41, 5.74) is 0. The number of nitrogens with zero attached hydrogens (tertiary/aromatic N) is 2. The molecule has 1 saturated heterocycles. The van der Waals surface area contributed by atoms with E-state index >= 15 is 0 Å². The second kappa shape index (κ2) is 15.1. The molecule has 0 amide bonds. The van der Waals surface area contributed by atoms with E-state index in [4.69, 9.17) is 14.2 Å². The molecule has 1 aliphatic rings. The van der Waals surface area contributed by atoms with Gasteiger partial charge in [-0.05, 0) is 5.92 Å². The van der Waals surface area contributed by atoms with E-state index in [-0.39, 0.29) is 24.0 Å². The Bertz CT molecular complexity index is 326. The van der Waals surface area contributed by atoms with Gasteiger partial charge in [0.15, 0.2) is 5.96 Å². The number of methoxy groups -OCH3 is 1. The standard InChI is InChI=1S/C16H34N4O3.HI/c1-14(2)15(20-6-9-23-10-7-20)13-19-16(17-3)18-5-8-22-12-11-21-4;/h14-15H,5-13H2,1-4H3,(H2,17,18,19);1H. The molecule has 0 aromatic rings. The highest BCUT2D eigenvalue weighted by atomic mass is 127. The quantitative estimate of drug-likeness (QED) is 0.219. The smallest absolute Gasteiger partial charge is 0.191 e. The fourth-order valence-electron chi connectivity index (χ4n) is 2.60. The van der Waals surface area contributed by atoms with Crippen LogP contribution in [0.4, 0.5) is 0 Å². The molecule has 0 radical (unpaired) electrons. The lowest BCUT2D eigenvalue weighted by Crippen LogP contribution is -2.52. The van der Waals surface area contributed by atoms with Crippen LogP contribution in [0.2, 0.25) is 0 Å². The predicted molar refractivity (Wildman–Crippen MR) is 108 cm³/mol. The van der Waals surface area contributed by atoms with Crippen LogP contribution in [0, 0.1) is 5.92 Å². The van der Waals surface area contributed by atoms with Gasteiger partial charge in [-0.25, -0.2) is 0 Å². The normalized spacial score (nSPS) is 17.5. The van der Waals surface area contributed by atoms with Gasteiger partial charge in [0.05, 0.1) is 33.0 Å². The maximum atomic E-state index is 5.45. The minimum absolute atomic E-state index is 0. The van der Waals surface area contributed by atoms with Gasteiger partial charge >= 0.3 is 0 Å². The van der Waals surface area contributed by atoms with Gasteiger partial charge in [-0.1, -0.05) is 13.8 Å². The van der Waals surface area contributed by atoms with Gasteiger partial charge in [-0.15, -0.1) is 24.0 Å². The highest BCUT2D eigenvalue weighted by molar-refractivity contribution is 14.0. The first-order valence-corrected chi connectivity index (χ1v) is 8.52. The summed E-state index contributed by atoms with van der Waals surface area (Å²) in [5.74, 6) is 1.40. The lowest BCUT2D eigenvalue weighted by Gasteiger charge is -2.37. The number of morpholine rings is 1. The lowest BCUT2D eigenvalue weighted by atomic mass is 10.0. The molecule has 0 aliphatic carbocycles. The Kier molecular flexibility index (Phi) is 15.0. The summed E-state index contributed by atoms with van der Waals surface area (Å²) in [6.45, 7) is 11.7. The van der Waals surface area contributed by atoms with Crippen molar-refractivity contribution < 1.29 is 14.2 Å². The molecule has 1 aliphatic heterocycles. The van der Waals surface area contributed by atoms with Gasteiger partial charge < -0.3 is 24.8 Å². The Labute approximate surface area is 163 Å². The molecule has 0 bridgehead atoms. The molecule has 0 saturated carbocycles. The van der Waals surface area contributed by atoms with Crippen molar-refractivity contribution in [2.75, 3.05) is 73.4 Å². The number of hydrogen-bond donors (Lipinski definition) is 2. The van der Waals surface area contributed by atoms with E-state index in [0.717, 1.165) is 45.4 Å². The van der Waals surface area contributed by atoms with Crippen LogP contribution < -0.4 is 10.6 Å². The zero-order valence-electron chi connectivity index (χ0n) is 15.5. The Balaban J connectivity index is 0.00000529. The number of guanidine groups is 1. The minimum Gasteiger partial charge on any atom is -0.382 e. The average molecular weight is 458 g/mol. The van der Waals surface area contributed by atoms with Crippen LogP contribution in [0.25, 0.3) is 0 Å². The molecular formula is C16H35IN4O3. The van der Waals surface area contributed by atoms with E-state index in [1.54, 1.807) is 14.2 Å². The summed E-state index contributed by atoms with van der Waals surface area (Å²) < 4.78 is 15.8. The van der Waals surface area contributed by atoms with Crippen molar-refractivity contribution in [3.8, 4) is 0 Å². The van der Waals surface area contributed by atoms with E-state index in [2.05, 4.69) is 34.4 Å². The maximum Gasteiger partial charge on any atom is 0.191 e. The van der Waals surface area contributed by atoms with Gasteiger partial charge in [-0.3, -0.25) is 9.89 Å². The van der Waals surface area contributed by atoms with Crippen molar-refractivity contribution in [3.63, 3.8) is 0 Å². The first kappa shape index (κ1) is 23.8. The number of hydrogen-bond acceptors (Lipinski definition) is 5. The molecule has 2 N–H and O–H groups in total. The third-order valence-electron chi connectivity index (χ3n) is 3.96. The summed E-state index contributed by atoms with van der Waals surface area (Å²) in [5, 5.41) is 6.70. The SMILES string of the molecule is CN=C(NCCOCCOC)NCC(C(C)C)N1CCOCC1.I. The fraction of sp³-hybridized carbons (Fsp3) is 0.938. The number of aliphatic imine (C=N–C) groups is 1. The average Bonchev–Trinajstić information content (AvgIpc) is 2.57. The van der Waals surface area contributed by atoms with E-state index in [0.29, 0.717) is 31.8 Å². The molecular weight excluding hydrogens is 423 g/mol. The Morgan fingerprint density at radius 2 is 1.88 bits per heavy atom. The first-order valence-electron chi connectivity index (χ1n) is 8.52. The topological polar surface area (TPSA) is 67.4 Å². The van der Waals surface area contributed by atoms with E-state index in [1.165, 1.54) is 0 Å². The summed E-state index contributed by atoms with van der Waals surface area (Å²) in [6.07, 6.45) is 0. The van der Waals surface area contributed by atoms with Gasteiger partial charge in [0.25, 0.3) is 0 Å². The van der Waals surface area contributed by atoms with Crippen molar-refractivity contribution in [2.45, 2.75) is 19.9 Å². The molecule has 1 heterocycles. The molecule has 144 valence electrons. The summed E-state index contributed by atoms with van der Waals surface area (Å²) in [4.78, 5) is 6.77. The van der Waals surface area contributed by atoms with E-state index < -0.39 is 0 Å². The van der Waals surface area contributed by atoms with Crippen LogP contribution in [-0.2, 0) is 14.2 Å². The molecule has 8 heteroatoms. The van der Waals surface area contributed by atoms with Crippen molar-refractivity contribution >= 4 is 29.9 Å². The van der Waals surface area contributed by atoms with Crippen molar-refractivity contribution in [2.24, 2.45) is 10.9 Å². The third-order valence-corrected chi connectivity index (χ3v) is 3.96. The predicted octanol–water partition coefficient (Wildman–Crippen LogP) is 0.789. The van der Waals surface area contributed by atoms with Gasteiger partial charge in [-0.2, -0.15) is 0 Å². The van der Waals surface area contributed by atoms with Crippen LogP contribution in [0.5, 0.6) is 0 Å². The third kappa shape index (κ3) is 9.97. The number of rotatable bonds is 10. The van der Waals surface area contributed by atoms with Crippen LogP contribution in [-0.4, -0.2) is 90.3 Å². The van der Waals surface area contributed by atoms with Crippen molar-refractivity contribution in [1.82, 2.24) is 15.5 Å². The Morgan fingerprint density at radius 3 is 2.46 bits per heavy atom. The zero-order chi connectivity index (χ0) is 16.9. The monoisotopic (exact) mass is 458 g/mol. The van der Waals surface area contributed by atoms with E-state index in [1.807, 2.05) is 0 Å². The first-order chi connectivity index (χ1) is 11.2. The van der Waals surface area contributed by atoms with Crippen molar-refractivity contribution in [3.05, 3.63) is 0 Å². The van der Waals surface area contributed by atoms with Gasteiger partial charge in [0.1, 0.15) is 0 Å². The lowest BCUT2D eigenvalue weighted by molar-refractivity contribution is 0.00751. The molecule has 1 fully saturated rings. The minimum atomic E-state index is 0. The van der Waals surface area contributed by atoms with Gasteiger partial charge in [0, 0.05) is 46.4 Å². The Morgan fingerprint density at radius 1 is 1.17 bits per heavy atom. The summed E-state index contributed by atoms with van der Waals surface area (Å²) in [6, 6.07) is 0.482. The van der Waals surface area contributed by atoms with Crippen LogP contribution in [0.3, 0.4) is 0 Å². The maximum absolute atomic E-state index is 5.45. The largest absolute Gasteiger partial charge is 0.382 e. The molecule has 0 aromatic heterocycles. The fourth-order valence-corrected chi connectivity index (χ4v) is 2.60. The summed E-state index contributed by atoms with van der Waals surface area (Å²) >= 11 is 0. The molecule has 1 rings (SSSR count). The summed E-state index contributed by atoms with van der Waals surface area (Å²) in [7, 11) is 3.47. The second-order valence-electron chi connectivity index (χ2n) is 5.94. The van der Waals surface area contributed by atoms with Gasteiger partial charge in [0.2, 0.25) is 0 Å².